The predicted molar refractivity (Wildman–Crippen MR) is 74.9 cm³/mol. The monoisotopic (exact) mass is 273 g/mol. The number of thioether (sulfide) groups is 1. The summed E-state index contributed by atoms with van der Waals surface area (Å²) in [6, 6.07) is 3.54. The highest BCUT2D eigenvalue weighted by Gasteiger charge is 2.21. The van der Waals surface area contributed by atoms with E-state index < -0.39 is 0 Å². The molecule has 1 nitrogen and oxygen atoms in total. The zero-order valence-corrected chi connectivity index (χ0v) is 12.0. The van der Waals surface area contributed by atoms with Gasteiger partial charge in [-0.15, -0.1) is 0 Å². The van der Waals surface area contributed by atoms with E-state index in [2.05, 4.69) is 19.2 Å². The molecular formula is C14H21F2NS. The number of nitrogens with one attached hydrogen (secondary N) is 1. The molecule has 2 unspecified atom stereocenters. The first-order valence-electron chi connectivity index (χ1n) is 6.27. The van der Waals surface area contributed by atoms with Crippen LogP contribution in [0.2, 0.25) is 0 Å². The Hall–Kier alpha value is -0.610. The third kappa shape index (κ3) is 4.25. The molecule has 1 N–H and O–H groups in total. The molecule has 0 aliphatic rings. The van der Waals surface area contributed by atoms with Gasteiger partial charge in [0.05, 0.1) is 0 Å². The summed E-state index contributed by atoms with van der Waals surface area (Å²) in [7, 11) is 0. The minimum absolute atomic E-state index is 0.131. The molecular weight excluding hydrogens is 252 g/mol. The summed E-state index contributed by atoms with van der Waals surface area (Å²) in [5.41, 5.74) is 0.435. The van der Waals surface area contributed by atoms with Crippen LogP contribution in [-0.2, 0) is 0 Å². The van der Waals surface area contributed by atoms with E-state index in [-0.39, 0.29) is 23.6 Å². The minimum atomic E-state index is -0.383. The Balaban J connectivity index is 2.96. The maximum atomic E-state index is 13.8. The number of benzene rings is 1. The Kier molecular flexibility index (Phi) is 6.65. The van der Waals surface area contributed by atoms with Gasteiger partial charge in [-0.05, 0) is 49.1 Å². The van der Waals surface area contributed by atoms with Crippen LogP contribution in [0.3, 0.4) is 0 Å². The number of hydrogen-bond donors (Lipinski definition) is 1. The fourth-order valence-electron chi connectivity index (χ4n) is 2.03. The van der Waals surface area contributed by atoms with Gasteiger partial charge >= 0.3 is 0 Å². The summed E-state index contributed by atoms with van der Waals surface area (Å²) in [6.07, 6.45) is 2.99. The molecule has 4 heteroatoms. The summed E-state index contributed by atoms with van der Waals surface area (Å²) in [5, 5.41) is 3.32. The average molecular weight is 273 g/mol. The molecule has 1 aromatic rings. The quantitative estimate of drug-likeness (QED) is 0.805. The summed E-state index contributed by atoms with van der Waals surface area (Å²) in [5.74, 6) is 0.448. The molecule has 0 aliphatic heterocycles. The van der Waals surface area contributed by atoms with E-state index in [0.717, 1.165) is 24.8 Å². The molecule has 0 saturated heterocycles. The van der Waals surface area contributed by atoms with E-state index in [1.165, 1.54) is 12.1 Å². The molecule has 0 saturated carbocycles. The van der Waals surface area contributed by atoms with Crippen LogP contribution in [0.4, 0.5) is 8.78 Å². The topological polar surface area (TPSA) is 12.0 Å². The maximum Gasteiger partial charge on any atom is 0.128 e. The summed E-state index contributed by atoms with van der Waals surface area (Å²) in [4.78, 5) is 0. The minimum Gasteiger partial charge on any atom is -0.310 e. The maximum absolute atomic E-state index is 13.8. The highest BCUT2D eigenvalue weighted by Crippen LogP contribution is 2.27. The van der Waals surface area contributed by atoms with Crippen LogP contribution in [-0.4, -0.2) is 18.6 Å². The van der Waals surface area contributed by atoms with Crippen LogP contribution in [0.15, 0.2) is 18.2 Å². The second kappa shape index (κ2) is 7.74. The van der Waals surface area contributed by atoms with Crippen molar-refractivity contribution in [3.63, 3.8) is 0 Å². The van der Waals surface area contributed by atoms with Crippen LogP contribution in [0.1, 0.15) is 31.9 Å². The smallest absolute Gasteiger partial charge is 0.128 e. The van der Waals surface area contributed by atoms with Crippen molar-refractivity contribution in [2.45, 2.75) is 26.3 Å². The molecule has 18 heavy (non-hydrogen) atoms. The van der Waals surface area contributed by atoms with Crippen LogP contribution >= 0.6 is 11.8 Å². The highest BCUT2D eigenvalue weighted by molar-refractivity contribution is 7.98. The molecule has 1 aromatic carbocycles. The van der Waals surface area contributed by atoms with E-state index in [1.807, 2.05) is 6.26 Å². The molecule has 2 atom stereocenters. The molecule has 0 aliphatic carbocycles. The van der Waals surface area contributed by atoms with Crippen LogP contribution < -0.4 is 5.32 Å². The van der Waals surface area contributed by atoms with Crippen LogP contribution in [0.5, 0.6) is 0 Å². The molecule has 0 fully saturated rings. The fourth-order valence-corrected chi connectivity index (χ4v) is 2.75. The van der Waals surface area contributed by atoms with Crippen molar-refractivity contribution < 1.29 is 8.78 Å². The second-order valence-corrected chi connectivity index (χ2v) is 5.44. The van der Waals surface area contributed by atoms with Crippen molar-refractivity contribution in [1.29, 1.82) is 0 Å². The van der Waals surface area contributed by atoms with Gasteiger partial charge in [-0.25, -0.2) is 8.78 Å². The van der Waals surface area contributed by atoms with Gasteiger partial charge in [-0.2, -0.15) is 11.8 Å². The van der Waals surface area contributed by atoms with Gasteiger partial charge in [0.15, 0.2) is 0 Å². The molecule has 0 heterocycles. The first-order valence-corrected chi connectivity index (χ1v) is 7.66. The van der Waals surface area contributed by atoms with Gasteiger partial charge in [0.1, 0.15) is 11.6 Å². The third-order valence-electron chi connectivity index (χ3n) is 2.91. The summed E-state index contributed by atoms with van der Waals surface area (Å²) >= 11 is 1.72. The largest absolute Gasteiger partial charge is 0.310 e. The molecule has 0 radical (unpaired) electrons. The van der Waals surface area contributed by atoms with Gasteiger partial charge < -0.3 is 5.32 Å². The Bertz CT molecular complexity index is 371. The fraction of sp³-hybridized carbons (Fsp3) is 0.571. The Morgan fingerprint density at radius 2 is 2.06 bits per heavy atom. The third-order valence-corrected chi connectivity index (χ3v) is 3.77. The molecule has 1 rings (SSSR count). The van der Waals surface area contributed by atoms with E-state index >= 15 is 0 Å². The molecule has 102 valence electrons. The number of hydrogen-bond acceptors (Lipinski definition) is 2. The van der Waals surface area contributed by atoms with Gasteiger partial charge in [-0.1, -0.05) is 13.8 Å². The number of rotatable bonds is 7. The van der Waals surface area contributed by atoms with Crippen molar-refractivity contribution in [3.8, 4) is 0 Å². The van der Waals surface area contributed by atoms with Crippen LogP contribution in [0, 0.1) is 17.6 Å². The van der Waals surface area contributed by atoms with E-state index in [4.69, 9.17) is 0 Å². The van der Waals surface area contributed by atoms with Gasteiger partial charge in [-0.3, -0.25) is 0 Å². The lowest BCUT2D eigenvalue weighted by molar-refractivity contribution is 0.400. The lowest BCUT2D eigenvalue weighted by Gasteiger charge is -2.25. The van der Waals surface area contributed by atoms with Gasteiger partial charge in [0.2, 0.25) is 0 Å². The second-order valence-electron chi connectivity index (χ2n) is 4.53. The van der Waals surface area contributed by atoms with E-state index in [9.17, 15) is 8.78 Å². The molecule has 0 aromatic heterocycles. The average Bonchev–Trinajstić information content (AvgIpc) is 2.34. The van der Waals surface area contributed by atoms with Crippen molar-refractivity contribution in [1.82, 2.24) is 5.32 Å². The van der Waals surface area contributed by atoms with Gasteiger partial charge in [0, 0.05) is 11.6 Å². The Morgan fingerprint density at radius 3 is 2.67 bits per heavy atom. The van der Waals surface area contributed by atoms with Gasteiger partial charge in [0.25, 0.3) is 0 Å². The highest BCUT2D eigenvalue weighted by atomic mass is 32.2. The van der Waals surface area contributed by atoms with E-state index in [0.29, 0.717) is 5.56 Å². The predicted octanol–water partition coefficient (Wildman–Crippen LogP) is 4.00. The zero-order chi connectivity index (χ0) is 13.5. The lowest BCUT2D eigenvalue weighted by atomic mass is 9.95. The standard InChI is InChI=1S/C14H21F2NS/c1-4-7-17-14(10(2)9-18-3)12-8-11(15)5-6-13(12)16/h5-6,8,10,14,17H,4,7,9H2,1-3H3. The number of halogens is 2. The SMILES string of the molecule is CCCNC(c1cc(F)ccc1F)C(C)CSC. The van der Waals surface area contributed by atoms with E-state index in [1.54, 1.807) is 11.8 Å². The summed E-state index contributed by atoms with van der Waals surface area (Å²) < 4.78 is 27.1. The normalized spacial score (nSPS) is 14.5. The van der Waals surface area contributed by atoms with Crippen molar-refractivity contribution >= 4 is 11.8 Å². The first kappa shape index (κ1) is 15.4. The zero-order valence-electron chi connectivity index (χ0n) is 11.2. The first-order chi connectivity index (χ1) is 8.60. The summed E-state index contributed by atoms with van der Waals surface area (Å²) in [6.45, 7) is 4.93. The molecule has 0 bridgehead atoms. The molecule has 0 amide bonds. The lowest BCUT2D eigenvalue weighted by Crippen LogP contribution is -2.29. The Morgan fingerprint density at radius 1 is 1.33 bits per heavy atom. The Labute approximate surface area is 112 Å². The van der Waals surface area contributed by atoms with Crippen molar-refractivity contribution in [3.05, 3.63) is 35.4 Å². The van der Waals surface area contributed by atoms with Crippen molar-refractivity contribution in [2.75, 3.05) is 18.6 Å². The van der Waals surface area contributed by atoms with Crippen molar-refractivity contribution in [2.24, 2.45) is 5.92 Å². The molecule has 0 spiro atoms. The van der Waals surface area contributed by atoms with Crippen LogP contribution in [0.25, 0.3) is 0 Å².